The molecule has 3 rings (SSSR count). The number of carbonyl (C=O) groups is 2. The van der Waals surface area contributed by atoms with Crippen LogP contribution in [0, 0.1) is 0 Å². The van der Waals surface area contributed by atoms with E-state index < -0.39 is 11.8 Å². The predicted octanol–water partition coefficient (Wildman–Crippen LogP) is 1.95. The minimum Gasteiger partial charge on any atom is -0.493 e. The number of carbonyl (C=O) groups excluding carboxylic acids is 2. The quantitative estimate of drug-likeness (QED) is 0.627. The Morgan fingerprint density at radius 1 is 1.08 bits per heavy atom. The van der Waals surface area contributed by atoms with Gasteiger partial charge in [0.05, 0.1) is 31.8 Å². The van der Waals surface area contributed by atoms with E-state index in [4.69, 9.17) is 9.47 Å². The van der Waals surface area contributed by atoms with Crippen molar-refractivity contribution in [2.24, 2.45) is 0 Å². The molecule has 0 aliphatic heterocycles. The molecule has 3 aromatic rings. The summed E-state index contributed by atoms with van der Waals surface area (Å²) < 4.78 is 10.3. The fourth-order valence-corrected chi connectivity index (χ4v) is 2.43. The highest BCUT2D eigenvalue weighted by atomic mass is 16.5. The number of anilines is 1. The Balaban J connectivity index is 1.59. The van der Waals surface area contributed by atoms with Gasteiger partial charge in [0.25, 0.3) is 5.91 Å². The Bertz CT molecular complexity index is 918. The van der Waals surface area contributed by atoms with Gasteiger partial charge in [-0.15, -0.1) is 0 Å². The van der Waals surface area contributed by atoms with Gasteiger partial charge in [-0.1, -0.05) is 12.1 Å². The average Bonchev–Trinajstić information content (AvgIpc) is 3.07. The van der Waals surface area contributed by atoms with Crippen LogP contribution in [0.5, 0.6) is 11.5 Å². The lowest BCUT2D eigenvalue weighted by molar-refractivity contribution is -0.115. The number of methoxy groups -OCH3 is 2. The summed E-state index contributed by atoms with van der Waals surface area (Å²) in [4.78, 5) is 31.5. The van der Waals surface area contributed by atoms with Crippen LogP contribution in [0.2, 0.25) is 0 Å². The topological polar surface area (TPSA) is 105 Å². The summed E-state index contributed by atoms with van der Waals surface area (Å²) in [6.45, 7) is -0.190. The maximum absolute atomic E-state index is 12.2. The third kappa shape index (κ3) is 3.75. The molecule has 0 fully saturated rings. The van der Waals surface area contributed by atoms with Crippen molar-refractivity contribution >= 4 is 28.8 Å². The molecule has 26 heavy (non-hydrogen) atoms. The lowest BCUT2D eigenvalue weighted by atomic mass is 10.2. The van der Waals surface area contributed by atoms with Crippen LogP contribution >= 0.6 is 0 Å². The van der Waals surface area contributed by atoms with E-state index in [1.54, 1.807) is 18.2 Å². The summed E-state index contributed by atoms with van der Waals surface area (Å²) >= 11 is 0. The Hall–Kier alpha value is -3.55. The second-order valence-electron chi connectivity index (χ2n) is 5.40. The van der Waals surface area contributed by atoms with Crippen molar-refractivity contribution in [2.75, 3.05) is 26.1 Å². The first-order chi connectivity index (χ1) is 12.6. The largest absolute Gasteiger partial charge is 0.493 e. The zero-order valence-electron chi connectivity index (χ0n) is 14.3. The van der Waals surface area contributed by atoms with E-state index in [1.807, 2.05) is 24.3 Å². The van der Waals surface area contributed by atoms with Gasteiger partial charge in [-0.25, -0.2) is 4.98 Å². The third-order valence-corrected chi connectivity index (χ3v) is 3.70. The van der Waals surface area contributed by atoms with Gasteiger partial charge in [-0.05, 0) is 30.3 Å². The molecule has 0 unspecified atom stereocenters. The minimum absolute atomic E-state index is 0.190. The van der Waals surface area contributed by atoms with Crippen LogP contribution < -0.4 is 20.1 Å². The van der Waals surface area contributed by atoms with E-state index in [1.165, 1.54) is 14.2 Å². The van der Waals surface area contributed by atoms with Crippen LogP contribution in [-0.2, 0) is 4.79 Å². The molecule has 0 saturated carbocycles. The van der Waals surface area contributed by atoms with E-state index in [-0.39, 0.29) is 6.54 Å². The van der Waals surface area contributed by atoms with Gasteiger partial charge in [0, 0.05) is 5.56 Å². The van der Waals surface area contributed by atoms with Crippen molar-refractivity contribution in [2.45, 2.75) is 0 Å². The predicted molar refractivity (Wildman–Crippen MR) is 96.6 cm³/mol. The molecule has 0 atom stereocenters. The molecule has 0 aliphatic rings. The highest BCUT2D eigenvalue weighted by molar-refractivity contribution is 5.99. The molecule has 0 radical (unpaired) electrons. The maximum atomic E-state index is 12.2. The first-order valence-corrected chi connectivity index (χ1v) is 7.85. The van der Waals surface area contributed by atoms with Gasteiger partial charge in [-0.2, -0.15) is 0 Å². The van der Waals surface area contributed by atoms with Crippen molar-refractivity contribution in [1.82, 2.24) is 15.3 Å². The molecule has 2 amide bonds. The molecule has 0 bridgehead atoms. The summed E-state index contributed by atoms with van der Waals surface area (Å²) in [5.41, 5.74) is 1.92. The normalized spacial score (nSPS) is 10.4. The summed E-state index contributed by atoms with van der Waals surface area (Å²) in [6.07, 6.45) is 0. The van der Waals surface area contributed by atoms with E-state index in [0.717, 1.165) is 11.0 Å². The Morgan fingerprint density at radius 2 is 1.85 bits per heavy atom. The molecule has 8 heteroatoms. The first kappa shape index (κ1) is 17.3. The Kier molecular flexibility index (Phi) is 5.02. The number of para-hydroxylation sites is 2. The first-order valence-electron chi connectivity index (χ1n) is 7.85. The van der Waals surface area contributed by atoms with Crippen LogP contribution in [0.4, 0.5) is 5.95 Å². The number of nitrogens with zero attached hydrogens (tertiary/aromatic N) is 1. The number of aromatic amines is 1. The van der Waals surface area contributed by atoms with E-state index in [0.29, 0.717) is 23.0 Å². The number of fused-ring (bicyclic) bond motifs is 1. The number of nitrogens with one attached hydrogen (secondary N) is 3. The number of ether oxygens (including phenoxy) is 2. The number of hydrogen-bond acceptors (Lipinski definition) is 5. The van der Waals surface area contributed by atoms with Crippen molar-refractivity contribution in [1.29, 1.82) is 0 Å². The number of amides is 2. The van der Waals surface area contributed by atoms with Gasteiger partial charge in [0.2, 0.25) is 11.9 Å². The molecule has 0 spiro atoms. The minimum atomic E-state index is -0.397. The Labute approximate surface area is 149 Å². The molecular weight excluding hydrogens is 336 g/mol. The highest BCUT2D eigenvalue weighted by Crippen LogP contribution is 2.27. The van der Waals surface area contributed by atoms with Crippen LogP contribution in [0.1, 0.15) is 10.4 Å². The van der Waals surface area contributed by atoms with Crippen LogP contribution in [-0.4, -0.2) is 42.5 Å². The number of rotatable bonds is 6. The number of H-pyrrole nitrogens is 1. The fraction of sp³-hybridized carbons (Fsp3) is 0.167. The summed E-state index contributed by atoms with van der Waals surface area (Å²) in [6, 6.07) is 12.2. The smallest absolute Gasteiger partial charge is 0.251 e. The lowest BCUT2D eigenvalue weighted by Crippen LogP contribution is -2.33. The summed E-state index contributed by atoms with van der Waals surface area (Å²) in [7, 11) is 3.00. The van der Waals surface area contributed by atoms with Crippen molar-refractivity contribution in [3.63, 3.8) is 0 Å². The second kappa shape index (κ2) is 7.56. The van der Waals surface area contributed by atoms with E-state index in [9.17, 15) is 9.59 Å². The van der Waals surface area contributed by atoms with Gasteiger partial charge in [0.1, 0.15) is 0 Å². The van der Waals surface area contributed by atoms with Crippen LogP contribution in [0.15, 0.2) is 42.5 Å². The monoisotopic (exact) mass is 354 g/mol. The second-order valence-corrected chi connectivity index (χ2v) is 5.40. The molecule has 0 saturated heterocycles. The third-order valence-electron chi connectivity index (χ3n) is 3.70. The van der Waals surface area contributed by atoms with E-state index in [2.05, 4.69) is 20.6 Å². The van der Waals surface area contributed by atoms with Gasteiger partial charge < -0.3 is 19.8 Å². The van der Waals surface area contributed by atoms with Crippen molar-refractivity contribution in [3.8, 4) is 11.5 Å². The highest BCUT2D eigenvalue weighted by Gasteiger charge is 2.13. The van der Waals surface area contributed by atoms with Gasteiger partial charge in [-0.3, -0.25) is 14.9 Å². The zero-order chi connectivity index (χ0) is 18.5. The molecule has 1 heterocycles. The molecular formula is C18H18N4O4. The maximum Gasteiger partial charge on any atom is 0.251 e. The van der Waals surface area contributed by atoms with Crippen LogP contribution in [0.25, 0.3) is 11.0 Å². The Morgan fingerprint density at radius 3 is 2.58 bits per heavy atom. The molecule has 1 aromatic heterocycles. The van der Waals surface area contributed by atoms with Gasteiger partial charge in [0.15, 0.2) is 11.5 Å². The van der Waals surface area contributed by atoms with E-state index >= 15 is 0 Å². The lowest BCUT2D eigenvalue weighted by Gasteiger charge is -2.10. The SMILES string of the molecule is COc1ccc(C(=O)NCC(=O)Nc2nc3ccccc3[nH]2)cc1OC. The van der Waals surface area contributed by atoms with Crippen molar-refractivity contribution < 1.29 is 19.1 Å². The standard InChI is InChI=1S/C18H18N4O4/c1-25-14-8-7-11(9-15(14)26-2)17(24)19-10-16(23)22-18-20-12-5-3-4-6-13(12)21-18/h3-9H,10H2,1-2H3,(H,19,24)(H2,20,21,22,23). The molecule has 3 N–H and O–H groups in total. The number of hydrogen-bond donors (Lipinski definition) is 3. The molecule has 2 aromatic carbocycles. The number of benzene rings is 2. The summed E-state index contributed by atoms with van der Waals surface area (Å²) in [5.74, 6) is 0.499. The molecule has 8 nitrogen and oxygen atoms in total. The molecule has 134 valence electrons. The average molecular weight is 354 g/mol. The number of imidazole rings is 1. The zero-order valence-corrected chi connectivity index (χ0v) is 14.3. The van der Waals surface area contributed by atoms with Crippen LogP contribution in [0.3, 0.4) is 0 Å². The number of aromatic nitrogens is 2. The molecule has 0 aliphatic carbocycles. The fourth-order valence-electron chi connectivity index (χ4n) is 2.43. The van der Waals surface area contributed by atoms with Crippen molar-refractivity contribution in [3.05, 3.63) is 48.0 Å². The summed E-state index contributed by atoms with van der Waals surface area (Å²) in [5, 5.41) is 5.17. The van der Waals surface area contributed by atoms with Gasteiger partial charge >= 0.3 is 0 Å².